The third-order valence-electron chi connectivity index (χ3n) is 1.79. The van der Waals surface area contributed by atoms with Gasteiger partial charge in [-0.05, 0) is 16.5 Å². The van der Waals surface area contributed by atoms with Crippen LogP contribution in [-0.2, 0) is 25.1 Å². The van der Waals surface area contributed by atoms with Crippen molar-refractivity contribution in [1.29, 1.82) is 0 Å². The number of sulfonamides is 1. The molecule has 0 aliphatic heterocycles. The van der Waals surface area contributed by atoms with Crippen molar-refractivity contribution in [3.8, 4) is 5.75 Å². The molecule has 0 atom stereocenters. The Hall–Kier alpha value is -1.78. The highest BCUT2D eigenvalue weighted by Crippen LogP contribution is 2.24. The minimum Gasteiger partial charge on any atom is -0.364 e. The normalized spacial score (nSPS) is 11.9. The van der Waals surface area contributed by atoms with Crippen LogP contribution in [-0.4, -0.2) is 42.0 Å². The monoisotopic (exact) mass is 321 g/mol. The van der Waals surface area contributed by atoms with Crippen LogP contribution >= 0.6 is 0 Å². The van der Waals surface area contributed by atoms with Gasteiger partial charge in [0.1, 0.15) is 4.90 Å². The van der Waals surface area contributed by atoms with Gasteiger partial charge < -0.3 is 4.18 Å². The Labute approximate surface area is 116 Å². The van der Waals surface area contributed by atoms with E-state index in [0.29, 0.717) is 0 Å². The molecule has 0 saturated heterocycles. The quantitative estimate of drug-likeness (QED) is 0.422. The Kier molecular flexibility index (Phi) is 4.98. The first-order valence-electron chi connectivity index (χ1n) is 5.00. The van der Waals surface area contributed by atoms with Gasteiger partial charge in [-0.25, -0.2) is 18.2 Å². The summed E-state index contributed by atoms with van der Waals surface area (Å²) in [5.41, 5.74) is 0. The highest BCUT2D eigenvalue weighted by atomic mass is 32.2. The van der Waals surface area contributed by atoms with Crippen LogP contribution in [0.15, 0.2) is 33.6 Å². The highest BCUT2D eigenvalue weighted by Gasteiger charge is 2.23. The second kappa shape index (κ2) is 6.11. The van der Waals surface area contributed by atoms with Crippen molar-refractivity contribution in [3.05, 3.63) is 24.3 Å². The van der Waals surface area contributed by atoms with E-state index in [2.05, 4.69) is 13.4 Å². The lowest BCUT2D eigenvalue weighted by Crippen LogP contribution is -2.36. The van der Waals surface area contributed by atoms with Gasteiger partial charge in [0.05, 0.1) is 0 Å². The van der Waals surface area contributed by atoms with E-state index in [0.717, 1.165) is 23.2 Å². The SMILES string of the molecule is CN(C)NS(=O)(=O)c1ccccc1OS(=O)(=O)N=C=O. The van der Waals surface area contributed by atoms with Crippen LogP contribution in [0.1, 0.15) is 0 Å². The molecular formula is C9H11N3O6S2. The molecule has 0 aliphatic carbocycles. The molecule has 0 saturated carbocycles. The molecule has 11 heteroatoms. The van der Waals surface area contributed by atoms with E-state index >= 15 is 0 Å². The Morgan fingerprint density at radius 3 is 2.35 bits per heavy atom. The lowest BCUT2D eigenvalue weighted by Gasteiger charge is -2.14. The summed E-state index contributed by atoms with van der Waals surface area (Å²) in [5.74, 6) is -0.485. The molecular weight excluding hydrogens is 310 g/mol. The van der Waals surface area contributed by atoms with Crippen molar-refractivity contribution < 1.29 is 25.8 Å². The zero-order valence-corrected chi connectivity index (χ0v) is 12.1. The predicted octanol–water partition coefficient (Wildman–Crippen LogP) is -0.599. The summed E-state index contributed by atoms with van der Waals surface area (Å²) in [5, 5.41) is 1.16. The van der Waals surface area contributed by atoms with Gasteiger partial charge in [0.15, 0.2) is 5.75 Å². The molecule has 0 fully saturated rings. The van der Waals surface area contributed by atoms with Crippen LogP contribution in [0.4, 0.5) is 0 Å². The first-order chi connectivity index (χ1) is 9.18. The van der Waals surface area contributed by atoms with E-state index in [-0.39, 0.29) is 0 Å². The molecule has 0 heterocycles. The highest BCUT2D eigenvalue weighted by molar-refractivity contribution is 7.89. The third kappa shape index (κ3) is 4.40. The summed E-state index contributed by atoms with van der Waals surface area (Å²) < 4.78 is 53.3. The Bertz CT molecular complexity index is 735. The van der Waals surface area contributed by atoms with Gasteiger partial charge in [0, 0.05) is 14.1 Å². The molecule has 0 unspecified atom stereocenters. The number of rotatable bonds is 6. The summed E-state index contributed by atoms with van der Waals surface area (Å²) >= 11 is 0. The molecule has 0 amide bonds. The van der Waals surface area contributed by atoms with Crippen LogP contribution in [0.25, 0.3) is 0 Å². The van der Waals surface area contributed by atoms with E-state index in [1.54, 1.807) is 0 Å². The molecule has 1 rings (SSSR count). The molecule has 0 aromatic heterocycles. The number of nitrogens with one attached hydrogen (secondary N) is 1. The van der Waals surface area contributed by atoms with Gasteiger partial charge in [0.2, 0.25) is 0 Å². The van der Waals surface area contributed by atoms with Crippen LogP contribution in [0.3, 0.4) is 0 Å². The molecule has 0 spiro atoms. The van der Waals surface area contributed by atoms with Gasteiger partial charge in [-0.1, -0.05) is 12.1 Å². The topological polar surface area (TPSA) is 122 Å². The van der Waals surface area contributed by atoms with Crippen LogP contribution in [0.5, 0.6) is 5.75 Å². The minimum absolute atomic E-state index is 0.418. The summed E-state index contributed by atoms with van der Waals surface area (Å²) in [6, 6.07) is 5.00. The van der Waals surface area contributed by atoms with Crippen molar-refractivity contribution in [2.45, 2.75) is 4.90 Å². The zero-order chi connectivity index (χ0) is 15.4. The molecule has 9 nitrogen and oxygen atoms in total. The van der Waals surface area contributed by atoms with E-state index in [1.165, 1.54) is 26.2 Å². The maximum absolute atomic E-state index is 12.0. The van der Waals surface area contributed by atoms with Crippen molar-refractivity contribution in [3.63, 3.8) is 0 Å². The van der Waals surface area contributed by atoms with Gasteiger partial charge in [-0.2, -0.15) is 8.42 Å². The number of hydrazine groups is 1. The van der Waals surface area contributed by atoms with Crippen LogP contribution in [0, 0.1) is 0 Å². The first kappa shape index (κ1) is 16.3. The Balaban J connectivity index is 3.29. The molecule has 0 radical (unpaired) electrons. The van der Waals surface area contributed by atoms with Crippen LogP contribution in [0.2, 0.25) is 0 Å². The number of hydrogen-bond donors (Lipinski definition) is 1. The Morgan fingerprint density at radius 2 is 1.80 bits per heavy atom. The standard InChI is InChI=1S/C9H11N3O6S2/c1-12(2)11-19(14,15)9-6-4-3-5-8(9)18-20(16,17)10-7-13/h3-6,11H,1-2H3. The first-order valence-corrected chi connectivity index (χ1v) is 7.85. The molecule has 110 valence electrons. The van der Waals surface area contributed by atoms with Gasteiger partial charge >= 0.3 is 10.3 Å². The molecule has 0 aliphatic rings. The molecule has 1 N–H and O–H groups in total. The summed E-state index contributed by atoms with van der Waals surface area (Å²) in [6.07, 6.45) is 0.807. The summed E-state index contributed by atoms with van der Waals surface area (Å²) in [7, 11) is -5.75. The summed E-state index contributed by atoms with van der Waals surface area (Å²) in [6.45, 7) is 0. The minimum atomic E-state index is -4.60. The van der Waals surface area contributed by atoms with Gasteiger partial charge in [-0.15, -0.1) is 4.83 Å². The second-order valence-electron chi connectivity index (χ2n) is 3.63. The largest absolute Gasteiger partial charge is 0.439 e. The molecule has 20 heavy (non-hydrogen) atoms. The fourth-order valence-electron chi connectivity index (χ4n) is 1.21. The number of nitrogens with zero attached hydrogens (tertiary/aromatic N) is 2. The average Bonchev–Trinajstić information content (AvgIpc) is 2.26. The maximum atomic E-state index is 12.0. The lowest BCUT2D eigenvalue weighted by atomic mass is 10.3. The molecule has 1 aromatic carbocycles. The van der Waals surface area contributed by atoms with Gasteiger partial charge in [-0.3, -0.25) is 0 Å². The predicted molar refractivity (Wildman–Crippen MR) is 68.1 cm³/mol. The molecule has 0 bridgehead atoms. The maximum Gasteiger partial charge on any atom is 0.439 e. The summed E-state index contributed by atoms with van der Waals surface area (Å²) in [4.78, 5) is 11.6. The van der Waals surface area contributed by atoms with Crippen molar-refractivity contribution in [2.75, 3.05) is 14.1 Å². The number of carbonyl (C=O) groups excluding carboxylic acids is 1. The zero-order valence-electron chi connectivity index (χ0n) is 10.5. The van der Waals surface area contributed by atoms with E-state index in [9.17, 15) is 21.6 Å². The van der Waals surface area contributed by atoms with E-state index < -0.39 is 31.0 Å². The fraction of sp³-hybridized carbons (Fsp3) is 0.222. The van der Waals surface area contributed by atoms with Crippen molar-refractivity contribution in [1.82, 2.24) is 9.84 Å². The van der Waals surface area contributed by atoms with E-state index in [1.807, 2.05) is 0 Å². The number of benzene rings is 1. The Morgan fingerprint density at radius 1 is 1.20 bits per heavy atom. The molecule has 1 aromatic rings. The number of hydrogen-bond acceptors (Lipinski definition) is 7. The lowest BCUT2D eigenvalue weighted by molar-refractivity contribution is 0.363. The van der Waals surface area contributed by atoms with Gasteiger partial charge in [0.25, 0.3) is 16.1 Å². The van der Waals surface area contributed by atoms with Crippen molar-refractivity contribution in [2.24, 2.45) is 4.40 Å². The van der Waals surface area contributed by atoms with E-state index in [4.69, 9.17) is 0 Å². The number of isocyanates is 1. The second-order valence-corrected chi connectivity index (χ2v) is 6.46. The van der Waals surface area contributed by atoms with Crippen LogP contribution < -0.4 is 9.01 Å². The number of para-hydroxylation sites is 1. The fourth-order valence-corrected chi connectivity index (χ4v) is 2.97. The average molecular weight is 321 g/mol. The van der Waals surface area contributed by atoms with Crippen molar-refractivity contribution >= 4 is 26.4 Å². The third-order valence-corrected chi connectivity index (χ3v) is 4.00. The smallest absolute Gasteiger partial charge is 0.364 e.